The molecule has 6 heteroatoms. The molecule has 19 heavy (non-hydrogen) atoms. The molecule has 2 unspecified atom stereocenters. The van der Waals surface area contributed by atoms with Crippen molar-refractivity contribution in [1.82, 2.24) is 10.2 Å². The predicted molar refractivity (Wildman–Crippen MR) is 67.1 cm³/mol. The van der Waals surface area contributed by atoms with E-state index in [-0.39, 0.29) is 24.5 Å². The Bertz CT molecular complexity index is 377. The van der Waals surface area contributed by atoms with Crippen LogP contribution in [0.3, 0.4) is 0 Å². The number of hydrogen-bond acceptors (Lipinski definition) is 4. The Morgan fingerprint density at radius 3 is 2.89 bits per heavy atom. The van der Waals surface area contributed by atoms with Crippen LogP contribution in [-0.2, 0) is 19.1 Å². The van der Waals surface area contributed by atoms with Crippen LogP contribution >= 0.6 is 0 Å². The number of imide groups is 1. The van der Waals surface area contributed by atoms with Gasteiger partial charge in [0, 0.05) is 13.0 Å². The first-order chi connectivity index (χ1) is 9.11. The first kappa shape index (κ1) is 14.0. The van der Waals surface area contributed by atoms with Crippen molar-refractivity contribution in [3.8, 4) is 0 Å². The van der Waals surface area contributed by atoms with Crippen LogP contribution in [-0.4, -0.2) is 47.9 Å². The lowest BCUT2D eigenvalue weighted by Crippen LogP contribution is -2.59. The van der Waals surface area contributed by atoms with E-state index in [0.717, 1.165) is 19.4 Å². The zero-order chi connectivity index (χ0) is 13.8. The molecular weight excluding hydrogens is 248 g/mol. The van der Waals surface area contributed by atoms with Crippen molar-refractivity contribution >= 4 is 17.7 Å². The van der Waals surface area contributed by atoms with Gasteiger partial charge >= 0.3 is 0 Å². The lowest BCUT2D eigenvalue weighted by atomic mass is 10.1. The minimum Gasteiger partial charge on any atom is -0.378 e. The van der Waals surface area contributed by atoms with Crippen molar-refractivity contribution in [2.45, 2.75) is 51.2 Å². The second-order valence-electron chi connectivity index (χ2n) is 5.03. The summed E-state index contributed by atoms with van der Waals surface area (Å²) in [6.07, 6.45) is 3.71. The molecule has 2 saturated heterocycles. The number of ether oxygens (including phenoxy) is 1. The van der Waals surface area contributed by atoms with Crippen molar-refractivity contribution in [2.24, 2.45) is 0 Å². The zero-order valence-corrected chi connectivity index (χ0v) is 11.2. The van der Waals surface area contributed by atoms with Gasteiger partial charge in [-0.1, -0.05) is 6.92 Å². The van der Waals surface area contributed by atoms with Gasteiger partial charge in [-0.2, -0.15) is 0 Å². The Hall–Kier alpha value is -1.43. The summed E-state index contributed by atoms with van der Waals surface area (Å²) in [6.45, 7) is 2.58. The molecule has 2 fully saturated rings. The van der Waals surface area contributed by atoms with E-state index < -0.39 is 11.9 Å². The molecule has 1 N–H and O–H groups in total. The average Bonchev–Trinajstić information content (AvgIpc) is 2.88. The molecule has 2 aliphatic heterocycles. The highest BCUT2D eigenvalue weighted by Crippen LogP contribution is 2.19. The van der Waals surface area contributed by atoms with Crippen LogP contribution in [0.25, 0.3) is 0 Å². The Kier molecular flexibility index (Phi) is 4.52. The summed E-state index contributed by atoms with van der Waals surface area (Å²) >= 11 is 0. The molecule has 0 spiro atoms. The van der Waals surface area contributed by atoms with Gasteiger partial charge < -0.3 is 9.64 Å². The van der Waals surface area contributed by atoms with Gasteiger partial charge in [0.05, 0.1) is 6.10 Å². The summed E-state index contributed by atoms with van der Waals surface area (Å²) < 4.78 is 5.47. The van der Waals surface area contributed by atoms with Crippen LogP contribution in [0.2, 0.25) is 0 Å². The molecule has 0 aliphatic carbocycles. The maximum Gasteiger partial charge on any atom is 0.249 e. The molecule has 2 aliphatic rings. The van der Waals surface area contributed by atoms with Gasteiger partial charge in [-0.15, -0.1) is 0 Å². The summed E-state index contributed by atoms with van der Waals surface area (Å²) in [4.78, 5) is 36.6. The largest absolute Gasteiger partial charge is 0.378 e. The molecule has 0 saturated carbocycles. The lowest BCUT2D eigenvalue weighted by molar-refractivity contribution is -0.150. The summed E-state index contributed by atoms with van der Waals surface area (Å²) in [5.41, 5.74) is 0. The van der Waals surface area contributed by atoms with Crippen molar-refractivity contribution in [2.75, 3.05) is 13.2 Å². The zero-order valence-electron chi connectivity index (χ0n) is 11.2. The van der Waals surface area contributed by atoms with Crippen LogP contribution in [0.1, 0.15) is 39.0 Å². The highest BCUT2D eigenvalue weighted by Gasteiger charge is 2.35. The first-order valence-corrected chi connectivity index (χ1v) is 6.86. The van der Waals surface area contributed by atoms with Crippen molar-refractivity contribution in [3.63, 3.8) is 0 Å². The maximum absolute atomic E-state index is 12.2. The Morgan fingerprint density at radius 2 is 2.26 bits per heavy atom. The highest BCUT2D eigenvalue weighted by molar-refractivity contribution is 6.04. The van der Waals surface area contributed by atoms with E-state index >= 15 is 0 Å². The molecule has 106 valence electrons. The lowest BCUT2D eigenvalue weighted by Gasteiger charge is -2.33. The topological polar surface area (TPSA) is 75.7 Å². The SMILES string of the molecule is CCC1C(=O)NC(=O)CN1C(=O)CCC1CCCO1. The van der Waals surface area contributed by atoms with E-state index in [2.05, 4.69) is 5.32 Å². The number of hydrogen-bond donors (Lipinski definition) is 1. The monoisotopic (exact) mass is 268 g/mol. The van der Waals surface area contributed by atoms with Gasteiger partial charge in [-0.25, -0.2) is 0 Å². The van der Waals surface area contributed by atoms with E-state index in [9.17, 15) is 14.4 Å². The van der Waals surface area contributed by atoms with Crippen LogP contribution in [0.4, 0.5) is 0 Å². The fourth-order valence-corrected chi connectivity index (χ4v) is 2.63. The van der Waals surface area contributed by atoms with E-state index in [1.165, 1.54) is 4.90 Å². The normalized spacial score (nSPS) is 27.5. The van der Waals surface area contributed by atoms with E-state index in [1.54, 1.807) is 0 Å². The van der Waals surface area contributed by atoms with Gasteiger partial charge in [-0.05, 0) is 25.7 Å². The molecule has 0 bridgehead atoms. The Morgan fingerprint density at radius 1 is 1.47 bits per heavy atom. The maximum atomic E-state index is 12.2. The molecule has 2 rings (SSSR count). The predicted octanol–water partition coefficient (Wildman–Crippen LogP) is 0.209. The number of carbonyl (C=O) groups excluding carboxylic acids is 3. The molecule has 0 aromatic heterocycles. The number of nitrogens with one attached hydrogen (secondary N) is 1. The Balaban J connectivity index is 1.91. The fourth-order valence-electron chi connectivity index (χ4n) is 2.63. The van der Waals surface area contributed by atoms with Crippen LogP contribution in [0.15, 0.2) is 0 Å². The van der Waals surface area contributed by atoms with Crippen LogP contribution in [0, 0.1) is 0 Å². The van der Waals surface area contributed by atoms with Crippen LogP contribution in [0.5, 0.6) is 0 Å². The standard InChI is InChI=1S/C13H20N2O4/c1-2-10-13(18)14-11(16)8-15(10)12(17)6-5-9-4-3-7-19-9/h9-10H,2-8H2,1H3,(H,14,16,18). The van der Waals surface area contributed by atoms with Gasteiger partial charge in [0.2, 0.25) is 17.7 Å². The van der Waals surface area contributed by atoms with E-state index in [4.69, 9.17) is 4.74 Å². The first-order valence-electron chi connectivity index (χ1n) is 6.86. The van der Waals surface area contributed by atoms with Crippen molar-refractivity contribution < 1.29 is 19.1 Å². The summed E-state index contributed by atoms with van der Waals surface area (Å²) in [6, 6.07) is -0.519. The highest BCUT2D eigenvalue weighted by atomic mass is 16.5. The number of nitrogens with zero attached hydrogens (tertiary/aromatic N) is 1. The second kappa shape index (κ2) is 6.14. The number of piperazine rings is 1. The van der Waals surface area contributed by atoms with Gasteiger partial charge in [0.15, 0.2) is 0 Å². The van der Waals surface area contributed by atoms with E-state index in [1.807, 2.05) is 6.92 Å². The average molecular weight is 268 g/mol. The second-order valence-corrected chi connectivity index (χ2v) is 5.03. The molecule has 2 heterocycles. The molecule has 6 nitrogen and oxygen atoms in total. The fraction of sp³-hybridized carbons (Fsp3) is 0.769. The molecule has 0 aromatic rings. The summed E-state index contributed by atoms with van der Waals surface area (Å²) in [5, 5.41) is 2.27. The van der Waals surface area contributed by atoms with E-state index in [0.29, 0.717) is 19.3 Å². The Labute approximate surface area is 112 Å². The molecule has 0 aromatic carbocycles. The molecule has 3 amide bonds. The minimum absolute atomic E-state index is 0.0192. The number of amides is 3. The third kappa shape index (κ3) is 3.32. The third-order valence-electron chi connectivity index (χ3n) is 3.67. The molecule has 2 atom stereocenters. The molecule has 0 radical (unpaired) electrons. The minimum atomic E-state index is -0.519. The molecular formula is C13H20N2O4. The number of carbonyl (C=O) groups is 3. The smallest absolute Gasteiger partial charge is 0.249 e. The van der Waals surface area contributed by atoms with Crippen molar-refractivity contribution in [1.29, 1.82) is 0 Å². The van der Waals surface area contributed by atoms with Gasteiger partial charge in [0.1, 0.15) is 12.6 Å². The van der Waals surface area contributed by atoms with Crippen LogP contribution < -0.4 is 5.32 Å². The number of rotatable bonds is 4. The quantitative estimate of drug-likeness (QED) is 0.739. The van der Waals surface area contributed by atoms with Gasteiger partial charge in [0.25, 0.3) is 0 Å². The van der Waals surface area contributed by atoms with Crippen molar-refractivity contribution in [3.05, 3.63) is 0 Å². The summed E-state index contributed by atoms with van der Waals surface area (Å²) in [5.74, 6) is -0.907. The summed E-state index contributed by atoms with van der Waals surface area (Å²) in [7, 11) is 0. The van der Waals surface area contributed by atoms with Gasteiger partial charge in [-0.3, -0.25) is 19.7 Å². The third-order valence-corrected chi connectivity index (χ3v) is 3.67.